The molecule has 0 bridgehead atoms. The third kappa shape index (κ3) is 11.6. The van der Waals surface area contributed by atoms with E-state index in [0.29, 0.717) is 0 Å². The first-order chi connectivity index (χ1) is 16.0. The summed E-state index contributed by atoms with van der Waals surface area (Å²) in [5.41, 5.74) is 0. The van der Waals surface area contributed by atoms with Crippen molar-refractivity contribution in [3.63, 3.8) is 0 Å². The molecule has 4 N–H and O–H groups in total. The van der Waals surface area contributed by atoms with Crippen molar-refractivity contribution >= 4 is 17.9 Å². The maximum atomic E-state index is 11.6. The van der Waals surface area contributed by atoms with Crippen LogP contribution in [0.2, 0.25) is 0 Å². The summed E-state index contributed by atoms with van der Waals surface area (Å²) >= 11 is 0. The second-order valence-electron chi connectivity index (χ2n) is 8.31. The minimum Gasteiger partial charge on any atom is -0.548 e. The van der Waals surface area contributed by atoms with Crippen molar-refractivity contribution < 1.29 is 90.1 Å². The predicted molar refractivity (Wildman–Crippen MR) is 110 cm³/mol. The quantitative estimate of drug-likeness (QED) is 0.164. The van der Waals surface area contributed by atoms with E-state index in [1.165, 1.54) is 14.7 Å². The van der Waals surface area contributed by atoms with Gasteiger partial charge >= 0.3 is 0 Å². The van der Waals surface area contributed by atoms with Crippen molar-refractivity contribution in [2.45, 2.75) is 31.2 Å². The summed E-state index contributed by atoms with van der Waals surface area (Å²) in [6, 6.07) is -4.16. The summed E-state index contributed by atoms with van der Waals surface area (Å²) in [7, 11) is 0. The predicted octanol–water partition coefficient (Wildman–Crippen LogP) is -8.08. The normalized spacial score (nSPS) is 21.5. The standard InChI is InChI=1S/C20H38N4O10.Gd/c1-14(28)10-21-2-4-22(15(11-25)18(29)30)6-8-24(17(13-27)20(33)34)9-7-23(5-3-21)16(12-26)19(31)32;/h14-17,25-28H,2-13H2,1H3,(H,29,30)(H,31,32)(H,33,34);/p-3. The Morgan fingerprint density at radius 3 is 1.11 bits per heavy atom. The van der Waals surface area contributed by atoms with Crippen LogP contribution in [0.1, 0.15) is 6.92 Å². The van der Waals surface area contributed by atoms with Crippen molar-refractivity contribution in [1.82, 2.24) is 19.6 Å². The van der Waals surface area contributed by atoms with Crippen molar-refractivity contribution in [3.8, 4) is 0 Å². The molecule has 14 nitrogen and oxygen atoms in total. The third-order valence-corrected chi connectivity index (χ3v) is 5.94. The monoisotopic (exact) mass is 649 g/mol. The first kappa shape index (κ1) is 34.4. The molecule has 0 spiro atoms. The number of aliphatic hydroxyl groups is 4. The Labute approximate surface area is 236 Å². The van der Waals surface area contributed by atoms with Crippen molar-refractivity contribution in [3.05, 3.63) is 0 Å². The van der Waals surface area contributed by atoms with Gasteiger partial charge in [-0.2, -0.15) is 0 Å². The fourth-order valence-electron chi connectivity index (χ4n) is 4.01. The van der Waals surface area contributed by atoms with E-state index in [0.717, 1.165) is 0 Å². The van der Waals surface area contributed by atoms with Gasteiger partial charge < -0.3 is 50.1 Å². The summed E-state index contributed by atoms with van der Waals surface area (Å²) in [6.07, 6.45) is -0.733. The summed E-state index contributed by atoms with van der Waals surface area (Å²) in [4.78, 5) is 40.6. The molecule has 0 aromatic carbocycles. The molecule has 0 amide bonds. The molecule has 4 atom stereocenters. The Bertz CT molecular complexity index is 621. The molecule has 1 aliphatic rings. The maximum absolute atomic E-state index is 11.6. The number of nitrogens with zero attached hydrogens (tertiary/aromatic N) is 4. The summed E-state index contributed by atoms with van der Waals surface area (Å²) < 4.78 is 0. The van der Waals surface area contributed by atoms with Crippen LogP contribution < -0.4 is 15.3 Å². The number of rotatable bonds is 11. The van der Waals surface area contributed by atoms with Crippen LogP contribution in [-0.4, -0.2) is 161 Å². The molecule has 0 aromatic rings. The second-order valence-corrected chi connectivity index (χ2v) is 8.31. The molecule has 0 saturated carbocycles. The van der Waals surface area contributed by atoms with Gasteiger partial charge in [-0.05, 0) is 6.92 Å². The van der Waals surface area contributed by atoms with E-state index in [4.69, 9.17) is 0 Å². The Balaban J connectivity index is 0.0000116. The van der Waals surface area contributed by atoms with Gasteiger partial charge in [-0.1, -0.05) is 0 Å². The van der Waals surface area contributed by atoms with Crippen LogP contribution in [0.25, 0.3) is 0 Å². The minimum atomic E-state index is -1.56. The maximum Gasteiger partial charge on any atom is 0.0728 e. The number of carbonyl (C=O) groups is 3. The number of hydrogen-bond acceptors (Lipinski definition) is 14. The topological polar surface area (TPSA) is 214 Å². The average molecular weight is 649 g/mol. The van der Waals surface area contributed by atoms with Gasteiger partial charge in [0.05, 0.1) is 62.0 Å². The van der Waals surface area contributed by atoms with Crippen LogP contribution in [0, 0.1) is 39.9 Å². The number of aliphatic carboxylic acids is 3. The Morgan fingerprint density at radius 2 is 0.914 bits per heavy atom. The molecule has 1 rings (SSSR count). The van der Waals surface area contributed by atoms with Gasteiger partial charge in [-0.3, -0.25) is 19.6 Å². The van der Waals surface area contributed by atoms with Gasteiger partial charge in [0.2, 0.25) is 0 Å². The van der Waals surface area contributed by atoms with Crippen LogP contribution >= 0.6 is 0 Å². The molecule has 0 radical (unpaired) electrons. The van der Waals surface area contributed by atoms with Gasteiger partial charge in [0, 0.05) is 98.8 Å². The zero-order valence-corrected chi connectivity index (χ0v) is 21.9. The van der Waals surface area contributed by atoms with Gasteiger partial charge in [-0.25, -0.2) is 0 Å². The second kappa shape index (κ2) is 17.8. The van der Waals surface area contributed by atoms with Crippen molar-refractivity contribution in [2.75, 3.05) is 78.7 Å². The van der Waals surface area contributed by atoms with Gasteiger partial charge in [0.25, 0.3) is 0 Å². The first-order valence-corrected chi connectivity index (χ1v) is 11.1. The molecule has 4 unspecified atom stereocenters. The molecule has 0 aliphatic carbocycles. The number of hydrogen-bond donors (Lipinski definition) is 4. The Kier molecular flexibility index (Phi) is 17.5. The Morgan fingerprint density at radius 1 is 0.657 bits per heavy atom. The minimum absolute atomic E-state index is 0. The zero-order chi connectivity index (χ0) is 25.8. The number of β-amino-alcohol motifs (C(OH)–C–C–N with tert-alkyl or cyclic N) is 1. The zero-order valence-electron chi connectivity index (χ0n) is 19.7. The molecule has 0 aromatic heterocycles. The van der Waals surface area contributed by atoms with E-state index in [2.05, 4.69) is 0 Å². The molecule has 1 saturated heterocycles. The molecule has 1 heterocycles. The van der Waals surface area contributed by atoms with Crippen molar-refractivity contribution in [1.29, 1.82) is 0 Å². The van der Waals surface area contributed by atoms with E-state index in [1.807, 2.05) is 0 Å². The average Bonchev–Trinajstić information content (AvgIpc) is 2.74. The van der Waals surface area contributed by atoms with Crippen LogP contribution in [-0.2, 0) is 14.4 Å². The fourth-order valence-corrected chi connectivity index (χ4v) is 4.01. The van der Waals surface area contributed by atoms with Crippen LogP contribution in [0.5, 0.6) is 0 Å². The van der Waals surface area contributed by atoms with E-state index >= 15 is 0 Å². The number of aliphatic hydroxyl groups excluding tert-OH is 4. The van der Waals surface area contributed by atoms with Crippen molar-refractivity contribution in [2.24, 2.45) is 0 Å². The number of carbonyl (C=O) groups excluding carboxylic acids is 3. The van der Waals surface area contributed by atoms with E-state index in [-0.39, 0.29) is 98.8 Å². The smallest absolute Gasteiger partial charge is 0.0728 e. The Hall–Kier alpha value is -0.585. The molecule has 1 aliphatic heterocycles. The number of carboxylic acid groups (broad SMARTS) is 3. The van der Waals surface area contributed by atoms with Crippen LogP contribution in [0.4, 0.5) is 0 Å². The summed E-state index contributed by atoms with van der Waals surface area (Å²) in [5.74, 6) is -4.58. The third-order valence-electron chi connectivity index (χ3n) is 5.94. The largest absolute Gasteiger partial charge is 0.548 e. The summed E-state index contributed by atoms with van der Waals surface area (Å²) in [5, 5.41) is 73.2. The fraction of sp³-hybridized carbons (Fsp3) is 0.850. The molecular formula is C20H35GdN4O10-3. The van der Waals surface area contributed by atoms with E-state index < -0.39 is 62.0 Å². The SMILES string of the molecule is CC(O)CN1CCN(C(CO)C(=O)[O-])CCN(C(CO)C(=O)[O-])CCN(C(CO)C(=O)[O-])CC1.[Gd]. The van der Waals surface area contributed by atoms with Gasteiger partial charge in [0.1, 0.15) is 0 Å². The molecule has 1 fully saturated rings. The van der Waals surface area contributed by atoms with E-state index in [9.17, 15) is 50.1 Å². The summed E-state index contributed by atoms with van der Waals surface area (Å²) in [6.45, 7) is 0.0537. The van der Waals surface area contributed by atoms with Gasteiger partial charge in [0.15, 0.2) is 0 Å². The van der Waals surface area contributed by atoms with Crippen LogP contribution in [0.15, 0.2) is 0 Å². The molecule has 35 heavy (non-hydrogen) atoms. The van der Waals surface area contributed by atoms with Crippen LogP contribution in [0.3, 0.4) is 0 Å². The molecule has 15 heteroatoms. The van der Waals surface area contributed by atoms with Gasteiger partial charge in [-0.15, -0.1) is 0 Å². The molecular weight excluding hydrogens is 613 g/mol. The number of carboxylic acids is 3. The first-order valence-electron chi connectivity index (χ1n) is 11.1. The van der Waals surface area contributed by atoms with E-state index in [1.54, 1.807) is 11.8 Å². The molecule has 206 valence electrons.